The van der Waals surface area contributed by atoms with Gasteiger partial charge in [0, 0.05) is 42.7 Å². The van der Waals surface area contributed by atoms with Crippen LogP contribution in [-0.4, -0.2) is 57.8 Å². The zero-order valence-corrected chi connectivity index (χ0v) is 17.2. The Morgan fingerprint density at radius 3 is 3.04 bits per heavy atom. The number of aromatic carboxylic acids is 1. The van der Waals surface area contributed by atoms with Gasteiger partial charge in [-0.2, -0.15) is 0 Å². The van der Waals surface area contributed by atoms with Gasteiger partial charge in [0.15, 0.2) is 10.0 Å². The fourth-order valence-corrected chi connectivity index (χ4v) is 4.91. The van der Waals surface area contributed by atoms with Crippen molar-refractivity contribution in [2.75, 3.05) is 18.8 Å². The minimum absolute atomic E-state index is 0.0916. The number of thioether (sulfide) groups is 1. The number of aromatic nitrogens is 1. The lowest BCUT2D eigenvalue weighted by molar-refractivity contribution is -0.128. The van der Waals surface area contributed by atoms with Gasteiger partial charge in [-0.05, 0) is 19.8 Å². The summed E-state index contributed by atoms with van der Waals surface area (Å²) in [6.45, 7) is 5.97. The molecule has 0 saturated carbocycles. The summed E-state index contributed by atoms with van der Waals surface area (Å²) >= 11 is 2.86. The zero-order chi connectivity index (χ0) is 18.9. The van der Waals surface area contributed by atoms with Crippen LogP contribution in [0, 0.1) is 0 Å². The molecule has 6 nitrogen and oxygen atoms in total. The Hall–Kier alpha value is -1.12. The summed E-state index contributed by atoms with van der Waals surface area (Å²) in [6.07, 6.45) is 6.49. The molecule has 146 valence electrons. The molecule has 2 rings (SSSR count). The van der Waals surface area contributed by atoms with Crippen molar-refractivity contribution < 1.29 is 14.7 Å². The highest BCUT2D eigenvalue weighted by Crippen LogP contribution is 2.25. The molecule has 8 heteroatoms. The predicted molar refractivity (Wildman–Crippen MR) is 106 cm³/mol. The summed E-state index contributed by atoms with van der Waals surface area (Å²) in [7, 11) is 0. The van der Waals surface area contributed by atoms with Gasteiger partial charge >= 0.3 is 5.97 Å². The average Bonchev–Trinajstić information content (AvgIpc) is 3.21. The van der Waals surface area contributed by atoms with E-state index >= 15 is 0 Å². The Bertz CT molecular complexity index is 594. The molecule has 0 aromatic carbocycles. The Labute approximate surface area is 163 Å². The predicted octanol–water partition coefficient (Wildman–Crippen LogP) is 3.48. The molecule has 1 fully saturated rings. The van der Waals surface area contributed by atoms with Crippen LogP contribution in [0.1, 0.15) is 62.9 Å². The number of hydrogen-bond donors (Lipinski definition) is 2. The highest BCUT2D eigenvalue weighted by Gasteiger charge is 2.30. The van der Waals surface area contributed by atoms with Crippen molar-refractivity contribution in [3.8, 4) is 0 Å². The van der Waals surface area contributed by atoms with Gasteiger partial charge in [0.1, 0.15) is 0 Å². The van der Waals surface area contributed by atoms with Crippen LogP contribution in [0.15, 0.2) is 9.72 Å². The number of carbonyl (C=O) groups excluding carboxylic acids is 1. The van der Waals surface area contributed by atoms with Crippen LogP contribution in [0.3, 0.4) is 0 Å². The largest absolute Gasteiger partial charge is 0.476 e. The normalized spacial score (nSPS) is 18.5. The molecule has 0 aliphatic carbocycles. The van der Waals surface area contributed by atoms with Crippen molar-refractivity contribution in [1.29, 1.82) is 0 Å². The smallest absolute Gasteiger partial charge is 0.355 e. The number of unbranched alkanes of at least 4 members (excludes halogenated alkanes) is 2. The number of likely N-dealkylation sites (tertiary alicyclic amines) is 1. The summed E-state index contributed by atoms with van der Waals surface area (Å²) in [5.41, 5.74) is 0.0916. The van der Waals surface area contributed by atoms with Crippen molar-refractivity contribution in [1.82, 2.24) is 15.2 Å². The molecule has 0 bridgehead atoms. The number of nitrogens with one attached hydrogen (secondary N) is 1. The molecule has 1 saturated heterocycles. The Morgan fingerprint density at radius 2 is 2.35 bits per heavy atom. The van der Waals surface area contributed by atoms with Crippen LogP contribution in [0.2, 0.25) is 0 Å². The van der Waals surface area contributed by atoms with Crippen LogP contribution in [0.5, 0.6) is 0 Å². The second kappa shape index (κ2) is 10.9. The van der Waals surface area contributed by atoms with Gasteiger partial charge in [-0.25, -0.2) is 9.78 Å². The number of carboxylic acids is 1. The van der Waals surface area contributed by atoms with Crippen LogP contribution >= 0.6 is 23.1 Å². The molecule has 2 N–H and O–H groups in total. The molecule has 1 aliphatic heterocycles. The summed E-state index contributed by atoms with van der Waals surface area (Å²) in [5, 5.41) is 14.0. The van der Waals surface area contributed by atoms with E-state index in [1.54, 1.807) is 5.38 Å². The van der Waals surface area contributed by atoms with E-state index in [1.165, 1.54) is 48.8 Å². The van der Waals surface area contributed by atoms with Crippen LogP contribution in [-0.2, 0) is 4.79 Å². The van der Waals surface area contributed by atoms with E-state index < -0.39 is 5.97 Å². The zero-order valence-electron chi connectivity index (χ0n) is 15.6. The van der Waals surface area contributed by atoms with E-state index in [0.717, 1.165) is 23.1 Å². The van der Waals surface area contributed by atoms with Crippen LogP contribution in [0.25, 0.3) is 0 Å². The van der Waals surface area contributed by atoms with Gasteiger partial charge in [0.05, 0.1) is 0 Å². The second-order valence-electron chi connectivity index (χ2n) is 6.74. The van der Waals surface area contributed by atoms with E-state index in [9.17, 15) is 9.59 Å². The third-order valence-corrected chi connectivity index (χ3v) is 6.66. The van der Waals surface area contributed by atoms with Gasteiger partial charge in [0.2, 0.25) is 5.91 Å². The standard InChI is InChI=1S/C18H29N3O3S2/c1-3-4-5-6-13(2)19-11-14-7-8-16(22)21(14)9-10-25-18-20-15(12-26-18)17(23)24/h12-14,19H,3-11H2,1-2H3,(H,23,24)/t13?,14-/m1/s1. The molecule has 1 aromatic rings. The van der Waals surface area contributed by atoms with Gasteiger partial charge < -0.3 is 15.3 Å². The molecule has 1 amide bonds. The topological polar surface area (TPSA) is 82.5 Å². The van der Waals surface area contributed by atoms with Gasteiger partial charge in [-0.15, -0.1) is 11.3 Å². The number of carboxylic acid groups (broad SMARTS) is 1. The number of hydrogen-bond acceptors (Lipinski definition) is 6. The first-order chi connectivity index (χ1) is 12.5. The number of carbonyl (C=O) groups is 2. The van der Waals surface area contributed by atoms with E-state index in [-0.39, 0.29) is 17.6 Å². The van der Waals surface area contributed by atoms with Crippen molar-refractivity contribution in [3.05, 3.63) is 11.1 Å². The van der Waals surface area contributed by atoms with Crippen LogP contribution in [0.4, 0.5) is 0 Å². The molecule has 1 aliphatic rings. The van der Waals surface area contributed by atoms with E-state index in [1.807, 2.05) is 4.90 Å². The SMILES string of the molecule is CCCCCC(C)NC[C@H]1CCC(=O)N1CCSc1nc(C(=O)O)cs1. The first kappa shape index (κ1) is 21.2. The van der Waals surface area contributed by atoms with E-state index in [4.69, 9.17) is 5.11 Å². The molecular weight excluding hydrogens is 370 g/mol. The summed E-state index contributed by atoms with van der Waals surface area (Å²) in [6, 6.07) is 0.751. The molecule has 1 aromatic heterocycles. The lowest BCUT2D eigenvalue weighted by atomic mass is 10.1. The minimum atomic E-state index is -0.998. The molecule has 0 radical (unpaired) electrons. The van der Waals surface area contributed by atoms with E-state index in [2.05, 4.69) is 24.1 Å². The monoisotopic (exact) mass is 399 g/mol. The number of thiazole rings is 1. The molecule has 0 spiro atoms. The Kier molecular flexibility index (Phi) is 8.87. The molecule has 26 heavy (non-hydrogen) atoms. The lowest BCUT2D eigenvalue weighted by Crippen LogP contribution is -2.43. The lowest BCUT2D eigenvalue weighted by Gasteiger charge is -2.26. The highest BCUT2D eigenvalue weighted by atomic mass is 32.2. The fraction of sp³-hybridized carbons (Fsp3) is 0.722. The Balaban J connectivity index is 1.73. The molecule has 2 atom stereocenters. The maximum Gasteiger partial charge on any atom is 0.355 e. The maximum atomic E-state index is 12.2. The third-order valence-electron chi connectivity index (χ3n) is 4.66. The summed E-state index contributed by atoms with van der Waals surface area (Å²) < 4.78 is 0.744. The summed E-state index contributed by atoms with van der Waals surface area (Å²) in [4.78, 5) is 29.1. The van der Waals surface area contributed by atoms with Gasteiger partial charge in [0.25, 0.3) is 0 Å². The van der Waals surface area contributed by atoms with Crippen molar-refractivity contribution in [3.63, 3.8) is 0 Å². The van der Waals surface area contributed by atoms with Crippen molar-refractivity contribution in [2.45, 2.75) is 68.8 Å². The third kappa shape index (κ3) is 6.55. The van der Waals surface area contributed by atoms with Crippen molar-refractivity contribution >= 4 is 35.0 Å². The highest BCUT2D eigenvalue weighted by molar-refractivity contribution is 8.01. The first-order valence-corrected chi connectivity index (χ1v) is 11.2. The van der Waals surface area contributed by atoms with Gasteiger partial charge in [-0.3, -0.25) is 4.79 Å². The fourth-order valence-electron chi connectivity index (χ4n) is 3.11. The maximum absolute atomic E-state index is 12.2. The molecule has 1 unspecified atom stereocenters. The summed E-state index contributed by atoms with van der Waals surface area (Å²) in [5.74, 6) is -0.0376. The number of rotatable bonds is 12. The number of amides is 1. The second-order valence-corrected chi connectivity index (χ2v) is 8.94. The first-order valence-electron chi connectivity index (χ1n) is 9.35. The molecule has 2 heterocycles. The number of nitrogens with zero attached hydrogens (tertiary/aromatic N) is 2. The van der Waals surface area contributed by atoms with Crippen LogP contribution < -0.4 is 5.32 Å². The quantitative estimate of drug-likeness (QED) is 0.414. The molecular formula is C18H29N3O3S2. The van der Waals surface area contributed by atoms with Crippen molar-refractivity contribution in [2.24, 2.45) is 0 Å². The van der Waals surface area contributed by atoms with Gasteiger partial charge in [-0.1, -0.05) is 37.9 Å². The minimum Gasteiger partial charge on any atom is -0.476 e. The van der Waals surface area contributed by atoms with E-state index in [0.29, 0.717) is 19.0 Å². The Morgan fingerprint density at radius 1 is 1.54 bits per heavy atom. The average molecular weight is 400 g/mol.